The van der Waals surface area contributed by atoms with E-state index >= 15 is 0 Å². The van der Waals surface area contributed by atoms with Gasteiger partial charge in [-0.15, -0.1) is 0 Å². The molecule has 2 aromatic rings. The van der Waals surface area contributed by atoms with Crippen LogP contribution in [0, 0.1) is 11.3 Å². The molecule has 1 N–H and O–H groups in total. The largest absolute Gasteiger partial charge is 0.434 e. The van der Waals surface area contributed by atoms with E-state index in [1.165, 1.54) is 36.4 Å². The van der Waals surface area contributed by atoms with Crippen molar-refractivity contribution in [2.75, 3.05) is 5.32 Å². The maximum atomic E-state index is 12.4. The van der Waals surface area contributed by atoms with Crippen molar-refractivity contribution in [1.29, 1.82) is 5.26 Å². The normalized spacial score (nSPS) is 11.1. The van der Waals surface area contributed by atoms with Crippen molar-refractivity contribution in [2.24, 2.45) is 0 Å². The molecule has 0 spiro atoms. The first kappa shape index (κ1) is 18.7. The van der Waals surface area contributed by atoms with Gasteiger partial charge in [-0.2, -0.15) is 14.0 Å². The van der Waals surface area contributed by atoms with Gasteiger partial charge in [0.2, 0.25) is 0 Å². The van der Waals surface area contributed by atoms with Gasteiger partial charge in [0, 0.05) is 10.6 Å². The van der Waals surface area contributed by atoms with Crippen molar-refractivity contribution in [3.8, 4) is 11.8 Å². The molecule has 0 saturated carbocycles. The molecular weight excluding hydrogens is 373 g/mol. The van der Waals surface area contributed by atoms with E-state index in [-0.39, 0.29) is 27.6 Å². The zero-order valence-electron chi connectivity index (χ0n) is 12.5. The van der Waals surface area contributed by atoms with Crippen molar-refractivity contribution >= 4 is 40.9 Å². The van der Waals surface area contributed by atoms with E-state index in [9.17, 15) is 18.8 Å². The van der Waals surface area contributed by atoms with Crippen LogP contribution in [0.5, 0.6) is 5.75 Å². The Balaban J connectivity index is 2.28. The molecule has 0 radical (unpaired) electrons. The highest BCUT2D eigenvalue weighted by atomic mass is 35.5. The van der Waals surface area contributed by atoms with E-state index in [4.69, 9.17) is 23.2 Å². The van der Waals surface area contributed by atoms with Crippen molar-refractivity contribution in [3.63, 3.8) is 0 Å². The highest BCUT2D eigenvalue weighted by Gasteiger charge is 2.14. The summed E-state index contributed by atoms with van der Waals surface area (Å²) in [6.45, 7) is -3.03. The Bertz CT molecular complexity index is 864. The van der Waals surface area contributed by atoms with Crippen LogP contribution in [0.15, 0.2) is 48.0 Å². The number of nitriles is 1. The van der Waals surface area contributed by atoms with Crippen LogP contribution in [-0.4, -0.2) is 12.5 Å². The van der Waals surface area contributed by atoms with Gasteiger partial charge in [0.05, 0.1) is 10.7 Å². The fourth-order valence-corrected chi connectivity index (χ4v) is 2.34. The number of alkyl halides is 2. The lowest BCUT2D eigenvalue weighted by atomic mass is 10.1. The van der Waals surface area contributed by atoms with Gasteiger partial charge in [-0.25, -0.2) is 0 Å². The number of rotatable bonds is 5. The molecule has 2 rings (SSSR count). The Morgan fingerprint density at radius 2 is 1.96 bits per heavy atom. The van der Waals surface area contributed by atoms with Crippen LogP contribution in [-0.2, 0) is 4.79 Å². The third kappa shape index (κ3) is 5.18. The van der Waals surface area contributed by atoms with Gasteiger partial charge in [0.15, 0.2) is 0 Å². The molecule has 1 amide bonds. The molecule has 0 bridgehead atoms. The number of carbonyl (C=O) groups excluding carboxylic acids is 1. The van der Waals surface area contributed by atoms with Crippen LogP contribution in [0.25, 0.3) is 6.08 Å². The first-order chi connectivity index (χ1) is 11.9. The van der Waals surface area contributed by atoms with Crippen LogP contribution in [0.1, 0.15) is 5.56 Å². The van der Waals surface area contributed by atoms with E-state index in [0.29, 0.717) is 5.02 Å². The molecule has 2 aromatic carbocycles. The second-order valence-electron chi connectivity index (χ2n) is 4.66. The molecule has 0 aliphatic heterocycles. The quantitative estimate of drug-likeness (QED) is 0.575. The highest BCUT2D eigenvalue weighted by molar-refractivity contribution is 6.36. The summed E-state index contributed by atoms with van der Waals surface area (Å²) in [4.78, 5) is 12.2. The highest BCUT2D eigenvalue weighted by Crippen LogP contribution is 2.27. The number of amides is 1. The maximum absolute atomic E-state index is 12.4. The summed E-state index contributed by atoms with van der Waals surface area (Å²) in [7, 11) is 0. The summed E-state index contributed by atoms with van der Waals surface area (Å²) in [5.74, 6) is -0.902. The number of hydrogen-bond acceptors (Lipinski definition) is 3. The summed E-state index contributed by atoms with van der Waals surface area (Å²) in [6.07, 6.45) is 1.15. The number of nitrogens with zero attached hydrogens (tertiary/aromatic N) is 1. The topological polar surface area (TPSA) is 62.1 Å². The van der Waals surface area contributed by atoms with Crippen LogP contribution in [0.2, 0.25) is 10.0 Å². The Labute approximate surface area is 152 Å². The van der Waals surface area contributed by atoms with Crippen molar-refractivity contribution in [3.05, 3.63) is 63.6 Å². The second kappa shape index (κ2) is 8.47. The molecule has 0 fully saturated rings. The standard InChI is InChI=1S/C17H10Cl2F2N2O2/c18-12-5-6-14(13(19)8-12)23-16(24)11(9-22)7-10-3-1-2-4-15(10)25-17(20)21/h1-8,17H,(H,23,24)/b11-7+. The van der Waals surface area contributed by atoms with Crippen molar-refractivity contribution in [2.45, 2.75) is 6.61 Å². The third-order valence-corrected chi connectivity index (χ3v) is 3.53. The number of anilines is 1. The molecular formula is C17H10Cl2F2N2O2. The van der Waals surface area contributed by atoms with Gasteiger partial charge < -0.3 is 10.1 Å². The van der Waals surface area contributed by atoms with Gasteiger partial charge in [0.25, 0.3) is 5.91 Å². The SMILES string of the molecule is N#C/C(=C\c1ccccc1OC(F)F)C(=O)Nc1ccc(Cl)cc1Cl. The number of halogens is 4. The molecule has 128 valence electrons. The monoisotopic (exact) mass is 382 g/mol. The number of ether oxygens (including phenoxy) is 1. The summed E-state index contributed by atoms with van der Waals surface area (Å²) >= 11 is 11.7. The van der Waals surface area contributed by atoms with E-state index in [1.54, 1.807) is 12.1 Å². The molecule has 0 saturated heterocycles. The molecule has 0 unspecified atom stereocenters. The van der Waals surface area contributed by atoms with E-state index in [1.807, 2.05) is 0 Å². The average molecular weight is 383 g/mol. The third-order valence-electron chi connectivity index (χ3n) is 2.98. The van der Waals surface area contributed by atoms with E-state index in [0.717, 1.165) is 6.08 Å². The van der Waals surface area contributed by atoms with E-state index < -0.39 is 12.5 Å². The lowest BCUT2D eigenvalue weighted by molar-refractivity contribution is -0.112. The molecule has 8 heteroatoms. The van der Waals surface area contributed by atoms with Crippen LogP contribution < -0.4 is 10.1 Å². The number of hydrogen-bond donors (Lipinski definition) is 1. The van der Waals surface area contributed by atoms with Gasteiger partial charge in [0.1, 0.15) is 17.4 Å². The Morgan fingerprint density at radius 1 is 1.24 bits per heavy atom. The van der Waals surface area contributed by atoms with Crippen molar-refractivity contribution < 1.29 is 18.3 Å². The van der Waals surface area contributed by atoms with Gasteiger partial charge >= 0.3 is 6.61 Å². The van der Waals surface area contributed by atoms with E-state index in [2.05, 4.69) is 10.1 Å². The number of carbonyl (C=O) groups is 1. The smallest absolute Gasteiger partial charge is 0.387 e. The molecule has 0 atom stereocenters. The summed E-state index contributed by atoms with van der Waals surface area (Å²) in [5, 5.41) is 12.2. The molecule has 0 heterocycles. The first-order valence-corrected chi connectivity index (χ1v) is 7.58. The van der Waals surface area contributed by atoms with Crippen LogP contribution in [0.3, 0.4) is 0 Å². The Kier molecular flexibility index (Phi) is 6.34. The minimum atomic E-state index is -3.03. The Hall–Kier alpha value is -2.62. The van der Waals surface area contributed by atoms with Gasteiger partial charge in [-0.1, -0.05) is 41.4 Å². The van der Waals surface area contributed by atoms with Crippen molar-refractivity contribution in [1.82, 2.24) is 0 Å². The van der Waals surface area contributed by atoms with Gasteiger partial charge in [-0.05, 0) is 30.3 Å². The van der Waals surface area contributed by atoms with Crippen LogP contribution >= 0.6 is 23.2 Å². The number of benzene rings is 2. The fraction of sp³-hybridized carbons (Fsp3) is 0.0588. The second-order valence-corrected chi connectivity index (χ2v) is 5.51. The number of para-hydroxylation sites is 1. The summed E-state index contributed by atoms with van der Waals surface area (Å²) in [5.41, 5.74) is 0.113. The molecule has 25 heavy (non-hydrogen) atoms. The molecule has 0 aliphatic rings. The average Bonchev–Trinajstić information content (AvgIpc) is 2.56. The summed E-state index contributed by atoms with van der Waals surface area (Å²) in [6, 6.07) is 12.0. The predicted molar refractivity (Wildman–Crippen MR) is 91.8 cm³/mol. The van der Waals surface area contributed by atoms with Crippen LogP contribution in [0.4, 0.5) is 14.5 Å². The first-order valence-electron chi connectivity index (χ1n) is 6.82. The lowest BCUT2D eigenvalue weighted by Crippen LogP contribution is -2.14. The zero-order valence-corrected chi connectivity index (χ0v) is 14.0. The van der Waals surface area contributed by atoms with Gasteiger partial charge in [-0.3, -0.25) is 4.79 Å². The fourth-order valence-electron chi connectivity index (χ4n) is 1.89. The molecule has 0 aromatic heterocycles. The zero-order chi connectivity index (χ0) is 18.4. The Morgan fingerprint density at radius 3 is 2.60 bits per heavy atom. The summed E-state index contributed by atoms with van der Waals surface area (Å²) < 4.78 is 29.2. The predicted octanol–water partition coefficient (Wildman–Crippen LogP) is 5.14. The minimum Gasteiger partial charge on any atom is -0.434 e. The maximum Gasteiger partial charge on any atom is 0.387 e. The minimum absolute atomic E-state index is 0.150. The number of nitrogens with one attached hydrogen (secondary N) is 1. The molecule has 4 nitrogen and oxygen atoms in total. The lowest BCUT2D eigenvalue weighted by Gasteiger charge is -2.09. The molecule has 0 aliphatic carbocycles.